The van der Waals surface area contributed by atoms with Crippen molar-refractivity contribution < 1.29 is 19.1 Å². The number of nitrogens with one attached hydrogen (secondary N) is 1. The Morgan fingerprint density at radius 3 is 3.05 bits per heavy atom. The molecule has 21 heavy (non-hydrogen) atoms. The minimum absolute atomic E-state index is 0.147. The Balaban J connectivity index is 1.77. The lowest BCUT2D eigenvalue weighted by Crippen LogP contribution is -2.45. The summed E-state index contributed by atoms with van der Waals surface area (Å²) < 4.78 is 5.30. The second-order valence-corrected chi connectivity index (χ2v) is 5.41. The highest BCUT2D eigenvalue weighted by molar-refractivity contribution is 5.74. The van der Waals surface area contributed by atoms with Crippen LogP contribution >= 0.6 is 0 Å². The minimum Gasteiger partial charge on any atom is -0.481 e. The topological polar surface area (TPSA) is 95.7 Å². The lowest BCUT2D eigenvalue weighted by molar-refractivity contribution is -0.137. The highest BCUT2D eigenvalue weighted by Gasteiger charge is 2.24. The Bertz CT molecular complexity index is 500. The largest absolute Gasteiger partial charge is 0.481 e. The number of amides is 2. The van der Waals surface area contributed by atoms with Crippen LogP contribution in [0.3, 0.4) is 0 Å². The molecule has 7 heteroatoms. The van der Waals surface area contributed by atoms with Gasteiger partial charge in [-0.3, -0.25) is 4.79 Å². The van der Waals surface area contributed by atoms with Crippen LogP contribution in [0.4, 0.5) is 4.79 Å². The number of carboxylic acid groups (broad SMARTS) is 1. The number of nitrogens with zero attached hydrogens (tertiary/aromatic N) is 2. The van der Waals surface area contributed by atoms with Gasteiger partial charge in [0.1, 0.15) is 5.76 Å². The first-order valence-corrected chi connectivity index (χ1v) is 7.20. The highest BCUT2D eigenvalue weighted by Crippen LogP contribution is 2.21. The van der Waals surface area contributed by atoms with E-state index in [-0.39, 0.29) is 24.9 Å². The first-order valence-electron chi connectivity index (χ1n) is 7.20. The van der Waals surface area contributed by atoms with Gasteiger partial charge in [0.2, 0.25) is 5.89 Å². The average molecular weight is 295 g/mol. The zero-order chi connectivity index (χ0) is 15.2. The maximum Gasteiger partial charge on any atom is 0.317 e. The van der Waals surface area contributed by atoms with Crippen LogP contribution < -0.4 is 5.32 Å². The van der Waals surface area contributed by atoms with Crippen molar-refractivity contribution in [2.24, 2.45) is 5.92 Å². The van der Waals surface area contributed by atoms with E-state index in [0.717, 1.165) is 12.8 Å². The van der Waals surface area contributed by atoms with E-state index in [1.165, 1.54) is 0 Å². The number of aliphatic carboxylic acids is 1. The molecule has 1 unspecified atom stereocenters. The number of carbonyl (C=O) groups excluding carboxylic acids is 1. The molecule has 1 aliphatic heterocycles. The fraction of sp³-hybridized carbons (Fsp3) is 0.643. The summed E-state index contributed by atoms with van der Waals surface area (Å²) in [7, 11) is 0. The van der Waals surface area contributed by atoms with Crippen LogP contribution in [-0.4, -0.2) is 40.1 Å². The Kier molecular flexibility index (Phi) is 5.19. The molecule has 0 saturated carbocycles. The van der Waals surface area contributed by atoms with Gasteiger partial charge < -0.3 is 19.7 Å². The zero-order valence-electron chi connectivity index (χ0n) is 12.2. The van der Waals surface area contributed by atoms with Crippen molar-refractivity contribution in [2.45, 2.75) is 39.2 Å². The normalized spacial score (nSPS) is 18.5. The second-order valence-electron chi connectivity index (χ2n) is 5.41. The van der Waals surface area contributed by atoms with Gasteiger partial charge in [-0.15, -0.1) is 0 Å². The Labute approximate surface area is 123 Å². The predicted molar refractivity (Wildman–Crippen MR) is 74.6 cm³/mol. The molecule has 1 aliphatic rings. The minimum atomic E-state index is -0.782. The monoisotopic (exact) mass is 295 g/mol. The average Bonchev–Trinajstić information content (AvgIpc) is 2.88. The maximum atomic E-state index is 12.1. The fourth-order valence-electron chi connectivity index (χ4n) is 2.56. The summed E-state index contributed by atoms with van der Waals surface area (Å²) in [5.74, 6) is 0.687. The molecule has 2 heterocycles. The molecule has 1 saturated heterocycles. The molecular weight excluding hydrogens is 274 g/mol. The number of hydrogen-bond donors (Lipinski definition) is 2. The van der Waals surface area contributed by atoms with Crippen molar-refractivity contribution in [2.75, 3.05) is 13.1 Å². The van der Waals surface area contributed by atoms with Crippen molar-refractivity contribution >= 4 is 12.0 Å². The Morgan fingerprint density at radius 1 is 1.57 bits per heavy atom. The number of aryl methyl sites for hydroxylation is 1. The van der Waals surface area contributed by atoms with E-state index in [1.807, 2.05) is 0 Å². The number of urea groups is 1. The molecule has 2 amide bonds. The zero-order valence-corrected chi connectivity index (χ0v) is 12.2. The smallest absolute Gasteiger partial charge is 0.317 e. The standard InChI is InChI=1S/C14H21N3O4/c1-10-7-15-12(21-10)8-16-14(20)17-6-2-3-11(9-17)4-5-13(18)19/h7,11H,2-6,8-9H2,1H3,(H,16,20)(H,18,19). The SMILES string of the molecule is Cc1cnc(CNC(=O)N2CCCC(CCC(=O)O)C2)o1. The summed E-state index contributed by atoms with van der Waals surface area (Å²) in [6, 6.07) is -0.147. The van der Waals surface area contributed by atoms with E-state index >= 15 is 0 Å². The van der Waals surface area contributed by atoms with Gasteiger partial charge in [-0.2, -0.15) is 0 Å². The highest BCUT2D eigenvalue weighted by atomic mass is 16.4. The van der Waals surface area contributed by atoms with Crippen molar-refractivity contribution in [1.29, 1.82) is 0 Å². The summed E-state index contributed by atoms with van der Waals surface area (Å²) in [5, 5.41) is 11.5. The quantitative estimate of drug-likeness (QED) is 0.863. The first-order chi connectivity index (χ1) is 10.0. The van der Waals surface area contributed by atoms with E-state index in [4.69, 9.17) is 9.52 Å². The van der Waals surface area contributed by atoms with Crippen molar-refractivity contribution in [3.05, 3.63) is 17.8 Å². The van der Waals surface area contributed by atoms with Crippen molar-refractivity contribution in [1.82, 2.24) is 15.2 Å². The second kappa shape index (κ2) is 7.10. The predicted octanol–water partition coefficient (Wildman–Crippen LogP) is 1.77. The molecule has 2 rings (SSSR count). The third kappa shape index (κ3) is 4.77. The van der Waals surface area contributed by atoms with Gasteiger partial charge in [0, 0.05) is 19.5 Å². The van der Waals surface area contributed by atoms with E-state index in [1.54, 1.807) is 18.0 Å². The molecule has 116 valence electrons. The van der Waals surface area contributed by atoms with Crippen LogP contribution in [0.1, 0.15) is 37.3 Å². The molecule has 0 aliphatic carbocycles. The number of piperidine rings is 1. The van der Waals surface area contributed by atoms with E-state index < -0.39 is 5.97 Å². The summed E-state index contributed by atoms with van der Waals surface area (Å²) in [4.78, 5) is 28.5. The van der Waals surface area contributed by atoms with Gasteiger partial charge in [0.25, 0.3) is 0 Å². The summed E-state index contributed by atoms with van der Waals surface area (Å²) in [6.45, 7) is 3.39. The van der Waals surface area contributed by atoms with E-state index in [2.05, 4.69) is 10.3 Å². The van der Waals surface area contributed by atoms with Crippen LogP contribution in [-0.2, 0) is 11.3 Å². The molecular formula is C14H21N3O4. The number of rotatable bonds is 5. The van der Waals surface area contributed by atoms with Gasteiger partial charge in [-0.25, -0.2) is 9.78 Å². The van der Waals surface area contributed by atoms with Crippen molar-refractivity contribution in [3.63, 3.8) is 0 Å². The molecule has 1 aromatic rings. The Hall–Kier alpha value is -2.05. The van der Waals surface area contributed by atoms with Crippen LogP contribution in [0.2, 0.25) is 0 Å². The molecule has 0 bridgehead atoms. The molecule has 0 aromatic carbocycles. The molecule has 0 spiro atoms. The number of oxazole rings is 1. The molecule has 1 aromatic heterocycles. The van der Waals surface area contributed by atoms with Gasteiger partial charge in [0.05, 0.1) is 12.7 Å². The summed E-state index contributed by atoms with van der Waals surface area (Å²) >= 11 is 0. The molecule has 1 fully saturated rings. The van der Waals surface area contributed by atoms with Gasteiger partial charge in [-0.1, -0.05) is 0 Å². The Morgan fingerprint density at radius 2 is 2.38 bits per heavy atom. The third-order valence-electron chi connectivity index (χ3n) is 3.63. The fourth-order valence-corrected chi connectivity index (χ4v) is 2.56. The summed E-state index contributed by atoms with van der Waals surface area (Å²) in [6.07, 6.45) is 4.30. The maximum absolute atomic E-state index is 12.1. The van der Waals surface area contributed by atoms with E-state index in [0.29, 0.717) is 31.2 Å². The number of carbonyl (C=O) groups is 2. The van der Waals surface area contributed by atoms with Crippen LogP contribution in [0.5, 0.6) is 0 Å². The first kappa shape index (κ1) is 15.3. The van der Waals surface area contributed by atoms with Crippen LogP contribution in [0.15, 0.2) is 10.6 Å². The lowest BCUT2D eigenvalue weighted by Gasteiger charge is -2.32. The van der Waals surface area contributed by atoms with Gasteiger partial charge >= 0.3 is 12.0 Å². The summed E-state index contributed by atoms with van der Waals surface area (Å²) in [5.41, 5.74) is 0. The molecule has 1 atom stereocenters. The lowest BCUT2D eigenvalue weighted by atomic mass is 9.93. The number of hydrogen-bond acceptors (Lipinski definition) is 4. The van der Waals surface area contributed by atoms with Crippen molar-refractivity contribution in [3.8, 4) is 0 Å². The number of carboxylic acids is 1. The van der Waals surface area contributed by atoms with E-state index in [9.17, 15) is 9.59 Å². The molecule has 0 radical (unpaired) electrons. The van der Waals surface area contributed by atoms with Crippen LogP contribution in [0, 0.1) is 12.8 Å². The third-order valence-corrected chi connectivity index (χ3v) is 3.63. The van der Waals surface area contributed by atoms with Gasteiger partial charge in [0.15, 0.2) is 0 Å². The number of likely N-dealkylation sites (tertiary alicyclic amines) is 1. The van der Waals surface area contributed by atoms with Crippen LogP contribution in [0.25, 0.3) is 0 Å². The number of aromatic nitrogens is 1. The molecule has 2 N–H and O–H groups in total. The molecule has 7 nitrogen and oxygen atoms in total. The van der Waals surface area contributed by atoms with Gasteiger partial charge in [-0.05, 0) is 32.1 Å².